The number of rotatable bonds is 16. The van der Waals surface area contributed by atoms with Gasteiger partial charge in [0.25, 0.3) is 5.91 Å². The van der Waals surface area contributed by atoms with Crippen LogP contribution in [0.25, 0.3) is 0 Å². The fraction of sp³-hybridized carbons (Fsp3) is 0.828. The molecule has 458 valence electrons. The third kappa shape index (κ3) is 23.4. The maximum Gasteiger partial charge on any atom is 0.309 e. The SMILES string of the molecule is C.C.C.C.C.C.C.C.CCC(C)C(=O)N(C)C1CCSC1=O.CCC(C)C(=O)NC1CCSC1=O.CCC(C)C(=O)OC12CC3CC(C1)CC(C(=O)NC1CCSC1=O)(C3)C2.CCC(C)C(=O)OCC(=O)NC1CCSC1=O. The van der Waals surface area contributed by atoms with Crippen LogP contribution < -0.4 is 16.0 Å². The summed E-state index contributed by atoms with van der Waals surface area (Å²) in [5.41, 5.74) is -0.913. The first-order chi connectivity index (χ1) is 33.1. The maximum absolute atomic E-state index is 13.2. The van der Waals surface area contributed by atoms with E-state index >= 15 is 0 Å². The van der Waals surface area contributed by atoms with E-state index in [0.717, 1.165) is 93.6 Å². The van der Waals surface area contributed by atoms with Gasteiger partial charge in [0.2, 0.25) is 38.2 Å². The lowest BCUT2D eigenvalue weighted by Gasteiger charge is -2.60. The van der Waals surface area contributed by atoms with Crippen molar-refractivity contribution < 1.29 is 57.4 Å². The van der Waals surface area contributed by atoms with Crippen molar-refractivity contribution in [2.24, 2.45) is 40.9 Å². The molecule has 4 aliphatic heterocycles. The Kier molecular flexibility index (Phi) is 42.2. The molecule has 8 fully saturated rings. The van der Waals surface area contributed by atoms with E-state index in [2.05, 4.69) is 16.0 Å². The second kappa shape index (κ2) is 39.4. The van der Waals surface area contributed by atoms with Crippen molar-refractivity contribution in [1.82, 2.24) is 20.9 Å². The maximum atomic E-state index is 13.2. The first kappa shape index (κ1) is 83.7. The summed E-state index contributed by atoms with van der Waals surface area (Å²) in [6.07, 6.45) is 11.4. The minimum absolute atomic E-state index is 0. The van der Waals surface area contributed by atoms with Gasteiger partial charge < -0.3 is 30.3 Å². The van der Waals surface area contributed by atoms with Gasteiger partial charge in [-0.05, 0) is 95.3 Å². The standard InChI is InChI=1S/C20H29NO4S.C11H17NO4S.C10H17NO2S.C9H15NO2S.8CH4/c1-3-12(2)16(22)25-20-9-13-6-14(10-20)8-19(7-13,11-20)18(24)21-15-4-5-26-17(15)23;1-3-7(2)10(14)16-6-9(13)12-8-4-5-17-11(8)15;1-4-7(2)9(12)11(3)8-5-6-14-10(8)13;1-3-6(2)8(11)10-7-4-5-13-9(7)12;;;;;;;;/h12-15H,3-11H2,1-2H3,(H,21,24);7-8H,3-6H2,1-2H3,(H,12,13);7-8H,4-6H2,1-3H3;6-7H,3-5H2,1-2H3,(H,10,11);8*1H4. The summed E-state index contributed by atoms with van der Waals surface area (Å²) < 4.78 is 10.9. The Balaban J connectivity index is -0.000000305. The molecule has 8 aliphatic rings. The van der Waals surface area contributed by atoms with Gasteiger partial charge in [-0.3, -0.25) is 47.9 Å². The molecule has 4 bridgehead atoms. The quantitative estimate of drug-likeness (QED) is 0.122. The molecule has 4 aliphatic carbocycles. The van der Waals surface area contributed by atoms with Crippen molar-refractivity contribution in [3.8, 4) is 0 Å². The summed E-state index contributed by atoms with van der Waals surface area (Å²) in [4.78, 5) is 119. The van der Waals surface area contributed by atoms with E-state index in [1.165, 1.54) is 47.0 Å². The lowest BCUT2D eigenvalue weighted by Crippen LogP contribution is -2.62. The molecule has 0 radical (unpaired) electrons. The summed E-state index contributed by atoms with van der Waals surface area (Å²) in [6, 6.07) is -1.16. The molecule has 4 saturated carbocycles. The Hall–Kier alpha value is -3.10. The van der Waals surface area contributed by atoms with Gasteiger partial charge in [0.1, 0.15) is 11.6 Å². The average molecular weight is 1180 g/mol. The zero-order valence-corrected chi connectivity index (χ0v) is 46.0. The first-order valence-electron chi connectivity index (χ1n) is 25.3. The molecule has 8 rings (SSSR count). The summed E-state index contributed by atoms with van der Waals surface area (Å²) in [5.74, 6) is 3.07. The lowest BCUT2D eigenvalue weighted by atomic mass is 9.47. The number of carbonyl (C=O) groups is 10. The zero-order chi connectivity index (χ0) is 51.9. The highest BCUT2D eigenvalue weighted by Crippen LogP contribution is 2.63. The molecule has 3 N–H and O–H groups in total. The highest BCUT2D eigenvalue weighted by molar-refractivity contribution is 8.14. The number of carbonyl (C=O) groups excluding carboxylic acids is 10. The number of esters is 2. The minimum atomic E-state index is -0.462. The summed E-state index contributed by atoms with van der Waals surface area (Å²) in [6.45, 7) is 15.0. The molecule has 20 heteroatoms. The highest BCUT2D eigenvalue weighted by Gasteiger charge is 2.62. The number of thioether (sulfide) groups is 4. The highest BCUT2D eigenvalue weighted by atomic mass is 32.2. The average Bonchev–Trinajstić information content (AvgIpc) is 4.16. The topological polar surface area (TPSA) is 228 Å². The van der Waals surface area contributed by atoms with Gasteiger partial charge >= 0.3 is 11.9 Å². The molecular weight excluding hydrogens is 1070 g/mol. The molecular formula is C58H110N4O12S4. The largest absolute Gasteiger partial charge is 0.459 e. The second-order valence-electron chi connectivity index (χ2n) is 20.2. The van der Waals surface area contributed by atoms with E-state index < -0.39 is 23.0 Å². The lowest BCUT2D eigenvalue weighted by molar-refractivity contribution is -0.206. The van der Waals surface area contributed by atoms with Gasteiger partial charge in [-0.25, -0.2) is 0 Å². The number of hydrogen-bond acceptors (Lipinski definition) is 16. The van der Waals surface area contributed by atoms with Gasteiger partial charge in [-0.1, -0.05) is 162 Å². The van der Waals surface area contributed by atoms with Crippen LogP contribution in [0.2, 0.25) is 0 Å². The van der Waals surface area contributed by atoms with E-state index in [9.17, 15) is 47.9 Å². The summed E-state index contributed by atoms with van der Waals surface area (Å²) in [5, 5.41) is 8.68. The van der Waals surface area contributed by atoms with Crippen LogP contribution in [0.5, 0.6) is 0 Å². The third-order valence-electron chi connectivity index (χ3n) is 14.8. The molecule has 10 unspecified atom stereocenters. The fourth-order valence-corrected chi connectivity index (χ4v) is 13.7. The first-order valence-corrected chi connectivity index (χ1v) is 29.3. The number of nitrogens with one attached hydrogen (secondary N) is 3. The predicted molar refractivity (Wildman–Crippen MR) is 329 cm³/mol. The Morgan fingerprint density at radius 2 is 0.962 bits per heavy atom. The van der Waals surface area contributed by atoms with E-state index in [4.69, 9.17) is 9.47 Å². The smallest absolute Gasteiger partial charge is 0.309 e. The van der Waals surface area contributed by atoms with Crippen molar-refractivity contribution in [3.63, 3.8) is 0 Å². The molecule has 0 spiro atoms. The number of amides is 4. The van der Waals surface area contributed by atoms with Crippen LogP contribution in [0.15, 0.2) is 0 Å². The number of hydrogen-bond donors (Lipinski definition) is 3. The Labute approximate surface area is 490 Å². The second-order valence-corrected chi connectivity index (χ2v) is 24.6. The Morgan fingerprint density at radius 1 is 0.551 bits per heavy atom. The monoisotopic (exact) mass is 1180 g/mol. The number of likely N-dealkylation sites (N-methyl/N-ethyl adjacent to an activating group) is 1. The molecule has 0 aromatic carbocycles. The molecule has 16 nitrogen and oxygen atoms in total. The van der Waals surface area contributed by atoms with Crippen molar-refractivity contribution >= 4 is 103 Å². The van der Waals surface area contributed by atoms with Gasteiger partial charge in [0, 0.05) is 48.3 Å². The van der Waals surface area contributed by atoms with Crippen LogP contribution >= 0.6 is 47.0 Å². The van der Waals surface area contributed by atoms with Gasteiger partial charge in [0.15, 0.2) is 6.61 Å². The van der Waals surface area contributed by atoms with E-state index in [1.54, 1.807) is 18.9 Å². The van der Waals surface area contributed by atoms with Gasteiger partial charge in [-0.2, -0.15) is 0 Å². The molecule has 4 heterocycles. The molecule has 0 aromatic heterocycles. The van der Waals surface area contributed by atoms with Gasteiger partial charge in [0.05, 0.1) is 35.4 Å². The van der Waals surface area contributed by atoms with Crippen LogP contribution in [-0.2, 0) is 57.4 Å². The molecule has 0 aromatic rings. The van der Waals surface area contributed by atoms with Crippen molar-refractivity contribution in [1.29, 1.82) is 0 Å². The fourth-order valence-electron chi connectivity index (χ4n) is 9.93. The summed E-state index contributed by atoms with van der Waals surface area (Å²) in [7, 11) is 1.74. The van der Waals surface area contributed by atoms with Crippen LogP contribution in [0.3, 0.4) is 0 Å². The van der Waals surface area contributed by atoms with E-state index in [-0.39, 0.29) is 158 Å². The minimum Gasteiger partial charge on any atom is -0.459 e. The molecule has 4 saturated heterocycles. The molecule has 10 atom stereocenters. The van der Waals surface area contributed by atoms with Crippen LogP contribution in [0.1, 0.15) is 205 Å². The Bertz CT molecular complexity index is 1910. The zero-order valence-electron chi connectivity index (χ0n) is 42.7. The van der Waals surface area contributed by atoms with Crippen LogP contribution in [0, 0.1) is 40.9 Å². The Morgan fingerprint density at radius 3 is 1.37 bits per heavy atom. The van der Waals surface area contributed by atoms with E-state index in [0.29, 0.717) is 31.1 Å². The predicted octanol–water partition coefficient (Wildman–Crippen LogP) is 11.6. The molecule has 78 heavy (non-hydrogen) atoms. The normalized spacial score (nSPS) is 26.9. The van der Waals surface area contributed by atoms with Gasteiger partial charge in [-0.15, -0.1) is 0 Å². The molecule has 4 amide bonds. The van der Waals surface area contributed by atoms with E-state index in [1.807, 2.05) is 48.5 Å². The van der Waals surface area contributed by atoms with Crippen molar-refractivity contribution in [2.45, 2.75) is 234 Å². The van der Waals surface area contributed by atoms with Crippen molar-refractivity contribution in [3.05, 3.63) is 0 Å². The van der Waals surface area contributed by atoms with Crippen molar-refractivity contribution in [2.75, 3.05) is 36.7 Å². The number of ether oxygens (including phenoxy) is 2. The summed E-state index contributed by atoms with van der Waals surface area (Å²) >= 11 is 5.18. The van der Waals surface area contributed by atoms with Crippen LogP contribution in [-0.4, -0.2) is 127 Å². The number of nitrogens with zero attached hydrogens (tertiary/aromatic N) is 1. The van der Waals surface area contributed by atoms with Crippen LogP contribution in [0.4, 0.5) is 0 Å². The third-order valence-corrected chi connectivity index (χ3v) is 18.8.